The summed E-state index contributed by atoms with van der Waals surface area (Å²) in [5.41, 5.74) is 2.68. The van der Waals surface area contributed by atoms with Crippen molar-refractivity contribution in [2.24, 2.45) is 4.99 Å². The van der Waals surface area contributed by atoms with Gasteiger partial charge in [0.15, 0.2) is 5.96 Å². The lowest BCUT2D eigenvalue weighted by Gasteiger charge is -2.13. The SMILES string of the molecule is CCNC(=NCc1ccccc1CS(=O)(=O)NC(C)C)NCc1sc(C)nc1C.I. The smallest absolute Gasteiger partial charge is 0.216 e. The summed E-state index contributed by atoms with van der Waals surface area (Å²) in [6.07, 6.45) is 0. The Kier molecular flexibility index (Phi) is 11.2. The lowest BCUT2D eigenvalue weighted by Crippen LogP contribution is -2.36. The molecule has 1 aromatic carbocycles. The predicted octanol–water partition coefficient (Wildman–Crippen LogP) is 3.46. The zero-order valence-corrected chi connectivity index (χ0v) is 22.1. The van der Waals surface area contributed by atoms with Crippen LogP contribution in [0.4, 0.5) is 0 Å². The van der Waals surface area contributed by atoms with Gasteiger partial charge in [-0.25, -0.2) is 23.1 Å². The maximum Gasteiger partial charge on any atom is 0.216 e. The topological polar surface area (TPSA) is 95.5 Å². The van der Waals surface area contributed by atoms with Gasteiger partial charge in [-0.05, 0) is 45.7 Å². The Morgan fingerprint density at radius 1 is 1.17 bits per heavy atom. The van der Waals surface area contributed by atoms with Crippen LogP contribution >= 0.6 is 35.3 Å². The zero-order chi connectivity index (χ0) is 21.4. The van der Waals surface area contributed by atoms with E-state index in [1.807, 2.05) is 58.9 Å². The van der Waals surface area contributed by atoms with E-state index in [9.17, 15) is 8.42 Å². The van der Waals surface area contributed by atoms with E-state index in [-0.39, 0.29) is 35.8 Å². The standard InChI is InChI=1S/C20H31N5O2S2.HI/c1-6-21-20(23-12-19-15(4)24-16(5)28-19)22-11-17-9-7-8-10-18(17)13-29(26,27)25-14(2)3;/h7-10,14,25H,6,11-13H2,1-5H3,(H2,21,22,23);1H. The minimum Gasteiger partial charge on any atom is -0.357 e. The van der Waals surface area contributed by atoms with Gasteiger partial charge in [0.1, 0.15) is 0 Å². The molecule has 0 amide bonds. The summed E-state index contributed by atoms with van der Waals surface area (Å²) in [5.74, 6) is 0.635. The van der Waals surface area contributed by atoms with Crippen molar-refractivity contribution >= 4 is 51.3 Å². The van der Waals surface area contributed by atoms with Crippen LogP contribution in [0.1, 0.15) is 47.5 Å². The third-order valence-corrected chi connectivity index (χ3v) is 6.64. The summed E-state index contributed by atoms with van der Waals surface area (Å²) >= 11 is 1.67. The van der Waals surface area contributed by atoms with Crippen LogP contribution in [-0.2, 0) is 28.9 Å². The molecule has 0 aliphatic carbocycles. The van der Waals surface area contributed by atoms with Crippen molar-refractivity contribution in [2.45, 2.75) is 59.5 Å². The first-order valence-corrected chi connectivity index (χ1v) is 12.2. The van der Waals surface area contributed by atoms with Crippen LogP contribution in [0, 0.1) is 13.8 Å². The van der Waals surface area contributed by atoms with E-state index < -0.39 is 10.0 Å². The molecule has 1 heterocycles. The Bertz CT molecular complexity index is 942. The number of hydrogen-bond acceptors (Lipinski definition) is 5. The Hall–Kier alpha value is -1.24. The molecule has 0 saturated carbocycles. The third kappa shape index (κ3) is 8.86. The van der Waals surface area contributed by atoms with Gasteiger partial charge in [0, 0.05) is 17.5 Å². The highest BCUT2D eigenvalue weighted by atomic mass is 127. The summed E-state index contributed by atoms with van der Waals surface area (Å²) in [6.45, 7) is 11.4. The predicted molar refractivity (Wildman–Crippen MR) is 136 cm³/mol. The number of hydrogen-bond donors (Lipinski definition) is 3. The number of sulfonamides is 1. The van der Waals surface area contributed by atoms with E-state index in [1.165, 1.54) is 4.88 Å². The number of rotatable bonds is 9. The maximum absolute atomic E-state index is 12.3. The van der Waals surface area contributed by atoms with Crippen molar-refractivity contribution in [1.29, 1.82) is 0 Å². The van der Waals surface area contributed by atoms with E-state index >= 15 is 0 Å². The van der Waals surface area contributed by atoms with E-state index in [4.69, 9.17) is 0 Å². The third-order valence-electron chi connectivity index (χ3n) is 4.05. The normalized spacial score (nSPS) is 12.0. The fourth-order valence-electron chi connectivity index (χ4n) is 2.87. The first kappa shape index (κ1) is 26.8. The molecule has 3 N–H and O–H groups in total. The van der Waals surface area contributed by atoms with Gasteiger partial charge < -0.3 is 10.6 Å². The molecule has 0 fully saturated rings. The number of guanidine groups is 1. The highest BCUT2D eigenvalue weighted by Crippen LogP contribution is 2.17. The Morgan fingerprint density at radius 2 is 1.83 bits per heavy atom. The van der Waals surface area contributed by atoms with Crippen LogP contribution in [0.3, 0.4) is 0 Å². The molecule has 0 aliphatic rings. The molecule has 2 aromatic rings. The number of aliphatic imine (C=N–C) groups is 1. The fourth-order valence-corrected chi connectivity index (χ4v) is 5.24. The quantitative estimate of drug-likeness (QED) is 0.246. The molecule has 0 aliphatic heterocycles. The van der Waals surface area contributed by atoms with Crippen LogP contribution in [-0.4, -0.2) is 31.9 Å². The summed E-state index contributed by atoms with van der Waals surface area (Å²) < 4.78 is 27.3. The van der Waals surface area contributed by atoms with Crippen molar-refractivity contribution in [3.8, 4) is 0 Å². The van der Waals surface area contributed by atoms with Gasteiger partial charge in [-0.1, -0.05) is 24.3 Å². The van der Waals surface area contributed by atoms with Crippen LogP contribution in [0.2, 0.25) is 0 Å². The molecule has 10 heteroatoms. The summed E-state index contributed by atoms with van der Waals surface area (Å²) in [6, 6.07) is 7.39. The molecule has 168 valence electrons. The molecule has 7 nitrogen and oxygen atoms in total. The van der Waals surface area contributed by atoms with Gasteiger partial charge >= 0.3 is 0 Å². The second-order valence-corrected chi connectivity index (χ2v) is 10.1. The first-order chi connectivity index (χ1) is 13.7. The molecular weight excluding hydrogens is 533 g/mol. The molecule has 30 heavy (non-hydrogen) atoms. The van der Waals surface area contributed by atoms with Crippen molar-refractivity contribution in [3.05, 3.63) is 51.0 Å². The van der Waals surface area contributed by atoms with Crippen molar-refractivity contribution in [3.63, 3.8) is 0 Å². The van der Waals surface area contributed by atoms with E-state index in [1.54, 1.807) is 11.3 Å². The largest absolute Gasteiger partial charge is 0.357 e. The molecule has 1 aromatic heterocycles. The number of benzene rings is 1. The number of aromatic nitrogens is 1. The van der Waals surface area contributed by atoms with Crippen molar-refractivity contribution in [1.82, 2.24) is 20.3 Å². The van der Waals surface area contributed by atoms with Gasteiger partial charge in [-0.2, -0.15) is 0 Å². The van der Waals surface area contributed by atoms with Crippen LogP contribution < -0.4 is 15.4 Å². The molecule has 0 saturated heterocycles. The molecule has 0 radical (unpaired) electrons. The minimum absolute atomic E-state index is 0. The van der Waals surface area contributed by atoms with E-state index in [2.05, 4.69) is 25.3 Å². The number of aryl methyl sites for hydroxylation is 2. The van der Waals surface area contributed by atoms with Gasteiger partial charge in [-0.15, -0.1) is 35.3 Å². The molecule has 0 unspecified atom stereocenters. The van der Waals surface area contributed by atoms with Crippen LogP contribution in [0.25, 0.3) is 0 Å². The average molecular weight is 566 g/mol. The summed E-state index contributed by atoms with van der Waals surface area (Å²) in [5, 5.41) is 7.62. The highest BCUT2D eigenvalue weighted by molar-refractivity contribution is 14.0. The van der Waals surface area contributed by atoms with Gasteiger partial charge in [-0.3, -0.25) is 0 Å². The van der Waals surface area contributed by atoms with Gasteiger partial charge in [0.2, 0.25) is 10.0 Å². The van der Waals surface area contributed by atoms with Crippen LogP contribution in [0.5, 0.6) is 0 Å². The maximum atomic E-state index is 12.3. The second kappa shape index (κ2) is 12.6. The average Bonchev–Trinajstić information content (AvgIpc) is 2.94. The van der Waals surface area contributed by atoms with Crippen molar-refractivity contribution < 1.29 is 8.42 Å². The zero-order valence-electron chi connectivity index (χ0n) is 18.2. The molecule has 0 atom stereocenters. The van der Waals surface area contributed by atoms with Crippen LogP contribution in [0.15, 0.2) is 29.3 Å². The lowest BCUT2D eigenvalue weighted by atomic mass is 10.1. The number of nitrogens with zero attached hydrogens (tertiary/aromatic N) is 2. The number of thiazole rings is 1. The summed E-state index contributed by atoms with van der Waals surface area (Å²) in [4.78, 5) is 10.3. The minimum atomic E-state index is -3.39. The second-order valence-electron chi connectivity index (χ2n) is 7.09. The van der Waals surface area contributed by atoms with Gasteiger partial charge in [0.25, 0.3) is 0 Å². The number of halogens is 1. The van der Waals surface area contributed by atoms with E-state index in [0.717, 1.165) is 28.4 Å². The molecule has 2 rings (SSSR count). The highest BCUT2D eigenvalue weighted by Gasteiger charge is 2.15. The fraction of sp³-hybridized carbons (Fsp3) is 0.500. The number of nitrogens with one attached hydrogen (secondary N) is 3. The molecule has 0 spiro atoms. The monoisotopic (exact) mass is 565 g/mol. The molecule has 0 bridgehead atoms. The van der Waals surface area contributed by atoms with Gasteiger partial charge in [0.05, 0.1) is 29.5 Å². The first-order valence-electron chi connectivity index (χ1n) is 9.72. The molecular formula is C20H32IN5O2S2. The van der Waals surface area contributed by atoms with Crippen molar-refractivity contribution in [2.75, 3.05) is 6.54 Å². The van der Waals surface area contributed by atoms with E-state index in [0.29, 0.717) is 19.0 Å². The lowest BCUT2D eigenvalue weighted by molar-refractivity contribution is 0.569. The summed E-state index contributed by atoms with van der Waals surface area (Å²) in [7, 11) is -3.39. The Balaban J connectivity index is 0.00000450. The Labute approximate surface area is 201 Å². The Morgan fingerprint density at radius 3 is 2.40 bits per heavy atom.